The number of fused-ring (bicyclic) bond motifs is 3. The molecule has 8 nitrogen and oxygen atoms in total. The summed E-state index contributed by atoms with van der Waals surface area (Å²) in [5, 5.41) is 9.54. The Morgan fingerprint density at radius 2 is 1.87 bits per heavy atom. The summed E-state index contributed by atoms with van der Waals surface area (Å²) < 4.78 is 23.6. The number of hydrogen-bond donors (Lipinski definition) is 0. The Balaban J connectivity index is 1.50. The molecule has 0 N–H and O–H groups in total. The highest BCUT2D eigenvalue weighted by atomic mass is 16.6. The van der Waals surface area contributed by atoms with Crippen LogP contribution in [0, 0.1) is 22.2 Å². The zero-order chi connectivity index (χ0) is 27.3. The van der Waals surface area contributed by atoms with Crippen molar-refractivity contribution in [1.29, 1.82) is 5.26 Å². The third-order valence-corrected chi connectivity index (χ3v) is 8.57. The summed E-state index contributed by atoms with van der Waals surface area (Å²) in [5.74, 6) is -0.153. The highest BCUT2D eigenvalue weighted by molar-refractivity contribution is 5.93. The van der Waals surface area contributed by atoms with Gasteiger partial charge in [-0.05, 0) is 49.6 Å². The van der Waals surface area contributed by atoms with Gasteiger partial charge in [-0.15, -0.1) is 0 Å². The maximum Gasteiger partial charge on any atom is 0.351 e. The van der Waals surface area contributed by atoms with Crippen molar-refractivity contribution in [3.63, 3.8) is 0 Å². The van der Waals surface area contributed by atoms with Crippen LogP contribution in [-0.4, -0.2) is 17.5 Å². The third-order valence-electron chi connectivity index (χ3n) is 8.57. The second-order valence-electron chi connectivity index (χ2n) is 10.7. The Kier molecular flexibility index (Phi) is 6.06. The van der Waals surface area contributed by atoms with Crippen LogP contribution in [0.25, 0.3) is 11.0 Å². The van der Waals surface area contributed by atoms with E-state index in [1.807, 2.05) is 33.8 Å². The fourth-order valence-electron chi connectivity index (χ4n) is 5.60. The molecule has 0 unspecified atom stereocenters. The lowest BCUT2D eigenvalue weighted by molar-refractivity contribution is -0.184. The molecule has 38 heavy (non-hydrogen) atoms. The van der Waals surface area contributed by atoms with Crippen molar-refractivity contribution in [2.75, 3.05) is 0 Å². The van der Waals surface area contributed by atoms with Crippen LogP contribution in [0.15, 0.2) is 51.7 Å². The Morgan fingerprint density at radius 1 is 1.08 bits per heavy atom. The average molecular weight is 516 g/mol. The van der Waals surface area contributed by atoms with Gasteiger partial charge in [-0.25, -0.2) is 4.79 Å². The number of hydrogen-bond acceptors (Lipinski definition) is 8. The first-order chi connectivity index (χ1) is 18.1. The molecule has 2 heterocycles. The highest BCUT2D eigenvalue weighted by Crippen LogP contribution is 2.65. The SMILES string of the molecule is CCc1cc(=O)c2ccc(OCc3cccc(C#N)c3)c(COC(=O)[C@@]34CC[C@@](C)(C(=O)O3)C4(C)C)c2o1. The molecule has 2 aromatic carbocycles. The first kappa shape index (κ1) is 25.5. The summed E-state index contributed by atoms with van der Waals surface area (Å²) in [6, 6.07) is 13.9. The summed E-state index contributed by atoms with van der Waals surface area (Å²) in [4.78, 5) is 38.9. The Hall–Kier alpha value is -4.12. The first-order valence-corrected chi connectivity index (χ1v) is 12.7. The van der Waals surface area contributed by atoms with E-state index in [2.05, 4.69) is 6.07 Å². The summed E-state index contributed by atoms with van der Waals surface area (Å²) in [7, 11) is 0. The predicted octanol–water partition coefficient (Wildman–Crippen LogP) is 4.97. The van der Waals surface area contributed by atoms with Crippen LogP contribution in [0.1, 0.15) is 63.0 Å². The third kappa shape index (κ3) is 3.68. The molecule has 2 fully saturated rings. The van der Waals surface area contributed by atoms with E-state index in [4.69, 9.17) is 18.6 Å². The quantitative estimate of drug-likeness (QED) is 0.405. The van der Waals surface area contributed by atoms with Crippen molar-refractivity contribution in [3.8, 4) is 11.8 Å². The smallest absolute Gasteiger partial charge is 0.351 e. The predicted molar refractivity (Wildman–Crippen MR) is 137 cm³/mol. The van der Waals surface area contributed by atoms with Crippen molar-refractivity contribution in [2.45, 2.75) is 65.8 Å². The molecular formula is C30H29NO7. The molecule has 1 aliphatic heterocycles. The van der Waals surface area contributed by atoms with Gasteiger partial charge in [0, 0.05) is 17.9 Å². The largest absolute Gasteiger partial charge is 0.488 e. The normalized spacial score (nSPS) is 23.2. The van der Waals surface area contributed by atoms with Crippen molar-refractivity contribution in [1.82, 2.24) is 0 Å². The summed E-state index contributed by atoms with van der Waals surface area (Å²) in [6.45, 7) is 7.33. The van der Waals surface area contributed by atoms with Crippen LogP contribution in [0.5, 0.6) is 5.75 Å². The molecule has 2 aliphatic rings. The van der Waals surface area contributed by atoms with Gasteiger partial charge in [0.25, 0.3) is 0 Å². The monoisotopic (exact) mass is 515 g/mol. The summed E-state index contributed by atoms with van der Waals surface area (Å²) >= 11 is 0. The van der Waals surface area contributed by atoms with Crippen LogP contribution in [-0.2, 0) is 38.7 Å². The summed E-state index contributed by atoms with van der Waals surface area (Å²) in [5.41, 5.74) is -1.13. The number of carbonyl (C=O) groups is 2. The van der Waals surface area contributed by atoms with Gasteiger partial charge >= 0.3 is 11.9 Å². The summed E-state index contributed by atoms with van der Waals surface area (Å²) in [6.07, 6.45) is 1.42. The topological polar surface area (TPSA) is 116 Å². The number of benzene rings is 2. The Bertz CT molecular complexity index is 1560. The second-order valence-corrected chi connectivity index (χ2v) is 10.7. The van der Waals surface area contributed by atoms with E-state index in [0.29, 0.717) is 47.3 Å². The van der Waals surface area contributed by atoms with E-state index in [0.717, 1.165) is 5.56 Å². The molecule has 196 valence electrons. The van der Waals surface area contributed by atoms with Crippen molar-refractivity contribution in [3.05, 3.63) is 75.1 Å². The molecule has 1 aliphatic carbocycles. The molecule has 1 saturated heterocycles. The fraction of sp³-hybridized carbons (Fsp3) is 0.400. The first-order valence-electron chi connectivity index (χ1n) is 12.7. The minimum absolute atomic E-state index is 0.145. The zero-order valence-corrected chi connectivity index (χ0v) is 21.9. The molecule has 2 bridgehead atoms. The molecule has 0 radical (unpaired) electrons. The van der Waals surface area contributed by atoms with Gasteiger partial charge in [0.05, 0.1) is 28.0 Å². The Morgan fingerprint density at radius 3 is 2.53 bits per heavy atom. The van der Waals surface area contributed by atoms with Gasteiger partial charge in [0.1, 0.15) is 30.3 Å². The van der Waals surface area contributed by atoms with Crippen molar-refractivity contribution >= 4 is 22.9 Å². The number of nitriles is 1. The standard InChI is InChI=1S/C30H29NO7/c1-5-20-14-23(32)21-9-10-24(35-16-19-8-6-7-18(13-19)15-31)22(25(21)37-20)17-36-27(34)30-12-11-29(4,26(33)38-30)28(30,2)3/h6-10,13-14H,5,11-12,16-17H2,1-4H3/t29-,30+/m0/s1. The van der Waals surface area contributed by atoms with E-state index >= 15 is 0 Å². The van der Waals surface area contributed by atoms with Gasteiger partial charge in [-0.3, -0.25) is 9.59 Å². The molecule has 5 rings (SSSR count). The van der Waals surface area contributed by atoms with Crippen molar-refractivity contribution < 1.29 is 28.2 Å². The molecule has 1 aromatic heterocycles. The maximum absolute atomic E-state index is 13.5. The van der Waals surface area contributed by atoms with Crippen LogP contribution >= 0.6 is 0 Å². The average Bonchev–Trinajstić information content (AvgIpc) is 3.21. The molecule has 8 heteroatoms. The van der Waals surface area contributed by atoms with Gasteiger partial charge < -0.3 is 18.6 Å². The van der Waals surface area contributed by atoms with E-state index < -0.39 is 28.4 Å². The van der Waals surface area contributed by atoms with Gasteiger partial charge in [0.2, 0.25) is 5.60 Å². The molecular weight excluding hydrogens is 486 g/mol. The lowest BCUT2D eigenvalue weighted by Gasteiger charge is -2.34. The fourth-order valence-corrected chi connectivity index (χ4v) is 5.60. The Labute approximate surface area is 220 Å². The van der Waals surface area contributed by atoms with E-state index in [1.54, 1.807) is 30.3 Å². The minimum atomic E-state index is -1.38. The van der Waals surface area contributed by atoms with Crippen LogP contribution in [0.3, 0.4) is 0 Å². The maximum atomic E-state index is 13.5. The molecule has 3 aromatic rings. The van der Waals surface area contributed by atoms with E-state index in [-0.39, 0.29) is 24.2 Å². The number of ether oxygens (including phenoxy) is 3. The minimum Gasteiger partial charge on any atom is -0.488 e. The van der Waals surface area contributed by atoms with Crippen LogP contribution < -0.4 is 10.2 Å². The second kappa shape index (κ2) is 9.02. The van der Waals surface area contributed by atoms with E-state index in [9.17, 15) is 19.6 Å². The number of nitrogens with zero attached hydrogens (tertiary/aromatic N) is 1. The highest BCUT2D eigenvalue weighted by Gasteiger charge is 2.76. The lowest BCUT2D eigenvalue weighted by Crippen LogP contribution is -2.48. The number of rotatable bonds is 7. The van der Waals surface area contributed by atoms with Crippen LogP contribution in [0.2, 0.25) is 0 Å². The van der Waals surface area contributed by atoms with Gasteiger partial charge in [-0.1, -0.05) is 32.9 Å². The van der Waals surface area contributed by atoms with Gasteiger partial charge in [-0.2, -0.15) is 5.26 Å². The van der Waals surface area contributed by atoms with E-state index in [1.165, 1.54) is 6.07 Å². The number of esters is 2. The number of aryl methyl sites for hydroxylation is 1. The molecule has 2 atom stereocenters. The molecule has 1 saturated carbocycles. The lowest BCUT2D eigenvalue weighted by atomic mass is 9.66. The van der Waals surface area contributed by atoms with Gasteiger partial charge in [0.15, 0.2) is 5.43 Å². The molecule has 0 spiro atoms. The van der Waals surface area contributed by atoms with Crippen molar-refractivity contribution in [2.24, 2.45) is 10.8 Å². The molecule has 0 amide bonds. The zero-order valence-electron chi connectivity index (χ0n) is 21.9. The van der Waals surface area contributed by atoms with Crippen LogP contribution in [0.4, 0.5) is 0 Å². The number of carbonyl (C=O) groups excluding carboxylic acids is 2.